The molecule has 2 aliphatic rings. The quantitative estimate of drug-likeness (QED) is 0.402. The van der Waals surface area contributed by atoms with Crippen molar-refractivity contribution in [1.29, 1.82) is 0 Å². The van der Waals surface area contributed by atoms with Crippen LogP contribution < -0.4 is 19.1 Å². The molecular weight excluding hydrogens is 530 g/mol. The first-order valence-corrected chi connectivity index (χ1v) is 16.0. The van der Waals surface area contributed by atoms with Crippen LogP contribution in [0.25, 0.3) is 0 Å². The van der Waals surface area contributed by atoms with E-state index in [4.69, 9.17) is 9.47 Å². The molecule has 0 bridgehead atoms. The van der Waals surface area contributed by atoms with E-state index in [0.29, 0.717) is 36.6 Å². The van der Waals surface area contributed by atoms with Crippen molar-refractivity contribution >= 4 is 27.5 Å². The molecule has 0 radical (unpaired) electrons. The Kier molecular flexibility index (Phi) is 9.95. The minimum Gasteiger partial charge on any atom is -0.454 e. The van der Waals surface area contributed by atoms with Gasteiger partial charge in [-0.2, -0.15) is 0 Å². The molecule has 218 valence electrons. The van der Waals surface area contributed by atoms with Gasteiger partial charge in [0, 0.05) is 31.6 Å². The lowest BCUT2D eigenvalue weighted by Gasteiger charge is -2.33. The third-order valence-electron chi connectivity index (χ3n) is 7.74. The second-order valence-corrected chi connectivity index (χ2v) is 12.6. The number of ether oxygens (including phenoxy) is 2. The molecule has 2 aromatic rings. The zero-order chi connectivity index (χ0) is 28.7. The third kappa shape index (κ3) is 7.47. The van der Waals surface area contributed by atoms with Gasteiger partial charge in [0.15, 0.2) is 11.5 Å². The van der Waals surface area contributed by atoms with Crippen LogP contribution >= 0.6 is 0 Å². The molecule has 0 saturated heterocycles. The normalized spacial score (nSPS) is 15.9. The molecule has 9 nitrogen and oxygen atoms in total. The third-order valence-corrected chi connectivity index (χ3v) is 8.93. The second-order valence-electron chi connectivity index (χ2n) is 10.7. The Bertz CT molecular complexity index is 1290. The molecule has 1 saturated carbocycles. The first kappa shape index (κ1) is 29.7. The van der Waals surface area contributed by atoms with Crippen LogP contribution in [0.15, 0.2) is 42.5 Å². The van der Waals surface area contributed by atoms with Crippen molar-refractivity contribution in [3.05, 3.63) is 53.6 Å². The van der Waals surface area contributed by atoms with Gasteiger partial charge in [-0.05, 0) is 55.9 Å². The standard InChI is InChI=1S/C30H41N3O6S/c1-4-26(30(35)31-24-13-6-5-7-14-24)32(20-23-12-9-8-11-22(23)2)29(34)15-10-18-33(40(3,36)37)25-16-17-27-28(19-25)39-21-38-27/h8-9,11-12,16-17,19,24,26H,4-7,10,13-15,18,20-21H2,1-3H3,(H,31,35)/t26-/m1/s1. The molecule has 40 heavy (non-hydrogen) atoms. The summed E-state index contributed by atoms with van der Waals surface area (Å²) in [5.41, 5.74) is 2.49. The van der Waals surface area contributed by atoms with E-state index in [9.17, 15) is 18.0 Å². The molecule has 4 rings (SSSR count). The van der Waals surface area contributed by atoms with Gasteiger partial charge in [-0.1, -0.05) is 50.5 Å². The van der Waals surface area contributed by atoms with Gasteiger partial charge in [-0.3, -0.25) is 13.9 Å². The highest BCUT2D eigenvalue weighted by Crippen LogP contribution is 2.36. The number of rotatable bonds is 12. The molecule has 1 aliphatic heterocycles. The highest BCUT2D eigenvalue weighted by Gasteiger charge is 2.31. The number of sulfonamides is 1. The van der Waals surface area contributed by atoms with Crippen LogP contribution in [0, 0.1) is 6.92 Å². The van der Waals surface area contributed by atoms with Crippen LogP contribution in [0.5, 0.6) is 11.5 Å². The number of carbonyl (C=O) groups is 2. The van der Waals surface area contributed by atoms with Crippen molar-refractivity contribution in [2.45, 2.75) is 83.8 Å². The fourth-order valence-electron chi connectivity index (χ4n) is 5.48. The van der Waals surface area contributed by atoms with Gasteiger partial charge in [-0.15, -0.1) is 0 Å². The van der Waals surface area contributed by atoms with E-state index >= 15 is 0 Å². The molecular formula is C30H41N3O6S. The summed E-state index contributed by atoms with van der Waals surface area (Å²) in [5, 5.41) is 3.20. The molecule has 2 aromatic carbocycles. The molecule has 0 aromatic heterocycles. The maximum atomic E-state index is 13.7. The van der Waals surface area contributed by atoms with Crippen molar-refractivity contribution in [3.8, 4) is 11.5 Å². The van der Waals surface area contributed by atoms with E-state index < -0.39 is 16.1 Å². The number of fused-ring (bicyclic) bond motifs is 1. The number of benzene rings is 2. The number of aryl methyl sites for hydroxylation is 1. The van der Waals surface area contributed by atoms with Crippen LogP contribution in [0.4, 0.5) is 5.69 Å². The summed E-state index contributed by atoms with van der Waals surface area (Å²) in [5.74, 6) is 0.764. The average molecular weight is 572 g/mol. The van der Waals surface area contributed by atoms with Gasteiger partial charge < -0.3 is 19.7 Å². The van der Waals surface area contributed by atoms with Crippen molar-refractivity contribution in [2.24, 2.45) is 0 Å². The highest BCUT2D eigenvalue weighted by molar-refractivity contribution is 7.92. The Labute approximate surface area is 237 Å². The van der Waals surface area contributed by atoms with Crippen LogP contribution in [0.2, 0.25) is 0 Å². The van der Waals surface area contributed by atoms with E-state index in [0.717, 1.165) is 43.1 Å². The Morgan fingerprint density at radius 3 is 2.48 bits per heavy atom. The summed E-state index contributed by atoms with van der Waals surface area (Å²) >= 11 is 0. The van der Waals surface area contributed by atoms with E-state index in [1.165, 1.54) is 10.7 Å². The van der Waals surface area contributed by atoms with Crippen LogP contribution in [-0.2, 0) is 26.2 Å². The van der Waals surface area contributed by atoms with Gasteiger partial charge in [0.25, 0.3) is 0 Å². The van der Waals surface area contributed by atoms with Crippen molar-refractivity contribution in [1.82, 2.24) is 10.2 Å². The SMILES string of the molecule is CC[C@H](C(=O)NC1CCCCC1)N(Cc1ccccc1C)C(=O)CCCN(c1ccc2c(c1)OCO2)S(C)(=O)=O. The van der Waals surface area contributed by atoms with Gasteiger partial charge in [-0.25, -0.2) is 8.42 Å². The number of carbonyl (C=O) groups excluding carboxylic acids is 2. The summed E-state index contributed by atoms with van der Waals surface area (Å²) in [6.07, 6.45) is 7.38. The largest absolute Gasteiger partial charge is 0.454 e. The van der Waals surface area contributed by atoms with Gasteiger partial charge >= 0.3 is 0 Å². The summed E-state index contributed by atoms with van der Waals surface area (Å²) in [7, 11) is -3.61. The number of anilines is 1. The summed E-state index contributed by atoms with van der Waals surface area (Å²) in [4.78, 5) is 28.8. The van der Waals surface area contributed by atoms with Crippen LogP contribution in [0.1, 0.15) is 69.4 Å². The molecule has 1 fully saturated rings. The fourth-order valence-corrected chi connectivity index (χ4v) is 6.44. The molecule has 1 heterocycles. The molecule has 1 N–H and O–H groups in total. The maximum Gasteiger partial charge on any atom is 0.243 e. The smallest absolute Gasteiger partial charge is 0.243 e. The summed E-state index contributed by atoms with van der Waals surface area (Å²) in [6.45, 7) is 4.45. The Balaban J connectivity index is 1.48. The van der Waals surface area contributed by atoms with E-state index in [2.05, 4.69) is 5.32 Å². The van der Waals surface area contributed by atoms with Gasteiger partial charge in [0.05, 0.1) is 11.9 Å². The molecule has 1 aliphatic carbocycles. The Hall–Kier alpha value is -3.27. The predicted octanol–water partition coefficient (Wildman–Crippen LogP) is 4.53. The number of hydrogen-bond acceptors (Lipinski definition) is 6. The maximum absolute atomic E-state index is 13.7. The molecule has 1 atom stereocenters. The predicted molar refractivity (Wildman–Crippen MR) is 155 cm³/mol. The molecule has 0 spiro atoms. The van der Waals surface area contributed by atoms with Crippen LogP contribution in [-0.4, -0.2) is 56.8 Å². The van der Waals surface area contributed by atoms with Crippen molar-refractivity contribution < 1.29 is 27.5 Å². The first-order valence-electron chi connectivity index (χ1n) is 14.2. The summed E-state index contributed by atoms with van der Waals surface area (Å²) in [6, 6.07) is 12.4. The van der Waals surface area contributed by atoms with Gasteiger partial charge in [0.2, 0.25) is 28.6 Å². The zero-order valence-corrected chi connectivity index (χ0v) is 24.5. The Morgan fingerprint density at radius 1 is 1.05 bits per heavy atom. The number of nitrogens with zero attached hydrogens (tertiary/aromatic N) is 2. The second kappa shape index (κ2) is 13.4. The lowest BCUT2D eigenvalue weighted by Crippen LogP contribution is -2.51. The Morgan fingerprint density at radius 2 is 1.77 bits per heavy atom. The molecule has 2 amide bonds. The minimum absolute atomic E-state index is 0.0931. The number of nitrogens with one attached hydrogen (secondary N) is 1. The number of amides is 2. The van der Waals surface area contributed by atoms with E-state index in [1.807, 2.05) is 38.1 Å². The fraction of sp³-hybridized carbons (Fsp3) is 0.533. The number of hydrogen-bond donors (Lipinski definition) is 1. The topological polar surface area (TPSA) is 105 Å². The van der Waals surface area contributed by atoms with Crippen molar-refractivity contribution in [3.63, 3.8) is 0 Å². The first-order chi connectivity index (χ1) is 19.2. The van der Waals surface area contributed by atoms with E-state index in [-0.39, 0.29) is 37.6 Å². The lowest BCUT2D eigenvalue weighted by molar-refractivity contribution is -0.141. The lowest BCUT2D eigenvalue weighted by atomic mass is 9.95. The van der Waals surface area contributed by atoms with Crippen molar-refractivity contribution in [2.75, 3.05) is 23.9 Å². The monoisotopic (exact) mass is 571 g/mol. The minimum atomic E-state index is -3.61. The molecule has 0 unspecified atom stereocenters. The van der Waals surface area contributed by atoms with Crippen LogP contribution in [0.3, 0.4) is 0 Å². The van der Waals surface area contributed by atoms with E-state index in [1.54, 1.807) is 23.1 Å². The summed E-state index contributed by atoms with van der Waals surface area (Å²) < 4.78 is 37.4. The highest BCUT2D eigenvalue weighted by atomic mass is 32.2. The average Bonchev–Trinajstić information content (AvgIpc) is 3.40. The van der Waals surface area contributed by atoms with Gasteiger partial charge in [0.1, 0.15) is 6.04 Å². The molecule has 10 heteroatoms. The zero-order valence-electron chi connectivity index (χ0n) is 23.7.